The summed E-state index contributed by atoms with van der Waals surface area (Å²) in [7, 11) is 0. The molecule has 100 valence electrons. The van der Waals surface area contributed by atoms with Gasteiger partial charge in [0.05, 0.1) is 6.04 Å². The van der Waals surface area contributed by atoms with Crippen LogP contribution in [-0.2, 0) is 0 Å². The van der Waals surface area contributed by atoms with Gasteiger partial charge in [-0.15, -0.1) is 0 Å². The summed E-state index contributed by atoms with van der Waals surface area (Å²) in [5, 5.41) is 0. The highest BCUT2D eigenvalue weighted by atomic mass is 16.3. The Bertz CT molecular complexity index is 401. The van der Waals surface area contributed by atoms with E-state index in [-0.39, 0.29) is 6.04 Å². The van der Waals surface area contributed by atoms with Gasteiger partial charge >= 0.3 is 0 Å². The first kappa shape index (κ1) is 12.2. The van der Waals surface area contributed by atoms with Crippen LogP contribution in [0.25, 0.3) is 0 Å². The zero-order valence-electron chi connectivity index (χ0n) is 11.3. The lowest BCUT2D eigenvalue weighted by molar-refractivity contribution is 0.0601. The van der Waals surface area contributed by atoms with E-state index in [9.17, 15) is 0 Å². The smallest absolute Gasteiger partial charge is 0.122 e. The summed E-state index contributed by atoms with van der Waals surface area (Å²) in [6.45, 7) is 3.85. The summed E-state index contributed by atoms with van der Waals surface area (Å²) < 4.78 is 5.82. The van der Waals surface area contributed by atoms with Crippen molar-refractivity contribution in [2.45, 2.75) is 51.1 Å². The number of fused-ring (bicyclic) bond motifs is 1. The monoisotopic (exact) mass is 248 g/mol. The highest BCUT2D eigenvalue weighted by Gasteiger charge is 2.38. The summed E-state index contributed by atoms with van der Waals surface area (Å²) in [6, 6.07) is 5.18. The van der Waals surface area contributed by atoms with Gasteiger partial charge in [0.1, 0.15) is 11.5 Å². The number of aryl methyl sites for hydroxylation is 1. The molecule has 2 N–H and O–H groups in total. The molecule has 0 bridgehead atoms. The van der Waals surface area contributed by atoms with Gasteiger partial charge in [0.25, 0.3) is 0 Å². The first-order valence-corrected chi connectivity index (χ1v) is 7.31. The van der Waals surface area contributed by atoms with Crippen molar-refractivity contribution in [2.24, 2.45) is 11.7 Å². The van der Waals surface area contributed by atoms with Crippen LogP contribution < -0.4 is 5.73 Å². The molecular weight excluding hydrogens is 224 g/mol. The lowest BCUT2D eigenvalue weighted by Gasteiger charge is -2.41. The minimum Gasteiger partial charge on any atom is -0.465 e. The molecule has 18 heavy (non-hydrogen) atoms. The van der Waals surface area contributed by atoms with Crippen LogP contribution >= 0.6 is 0 Å². The number of nitrogens with two attached hydrogens (primary N) is 1. The van der Waals surface area contributed by atoms with Gasteiger partial charge in [-0.05, 0) is 57.2 Å². The molecule has 1 aromatic heterocycles. The molecule has 1 aliphatic carbocycles. The molecule has 1 aliphatic heterocycles. The Labute approximate surface area is 109 Å². The predicted octanol–water partition coefficient (Wildman–Crippen LogP) is 2.85. The van der Waals surface area contributed by atoms with Gasteiger partial charge < -0.3 is 10.2 Å². The SMILES string of the molecule is Cc1ccc(C(CN)N2CCCC3CCCC32)o1. The summed E-state index contributed by atoms with van der Waals surface area (Å²) in [5.41, 5.74) is 6.03. The predicted molar refractivity (Wildman–Crippen MR) is 72.3 cm³/mol. The Morgan fingerprint density at radius 2 is 2.17 bits per heavy atom. The van der Waals surface area contributed by atoms with E-state index in [0.717, 1.165) is 23.5 Å². The van der Waals surface area contributed by atoms with Crippen LogP contribution in [0.5, 0.6) is 0 Å². The van der Waals surface area contributed by atoms with Crippen molar-refractivity contribution in [1.82, 2.24) is 4.90 Å². The number of rotatable bonds is 3. The van der Waals surface area contributed by atoms with Crippen LogP contribution in [0, 0.1) is 12.8 Å². The first-order valence-electron chi connectivity index (χ1n) is 7.31. The van der Waals surface area contributed by atoms with E-state index in [2.05, 4.69) is 11.0 Å². The van der Waals surface area contributed by atoms with Gasteiger partial charge in [0, 0.05) is 12.6 Å². The van der Waals surface area contributed by atoms with Crippen LogP contribution in [0.2, 0.25) is 0 Å². The second-order valence-electron chi connectivity index (χ2n) is 5.84. The fraction of sp³-hybridized carbons (Fsp3) is 0.733. The average Bonchev–Trinajstić information content (AvgIpc) is 2.99. The van der Waals surface area contributed by atoms with Gasteiger partial charge in [-0.2, -0.15) is 0 Å². The number of furan rings is 1. The van der Waals surface area contributed by atoms with Crippen LogP contribution in [0.3, 0.4) is 0 Å². The quantitative estimate of drug-likeness (QED) is 0.894. The molecule has 3 atom stereocenters. The highest BCUT2D eigenvalue weighted by Crippen LogP contribution is 2.40. The van der Waals surface area contributed by atoms with E-state index in [1.165, 1.54) is 38.6 Å². The number of piperidine rings is 1. The fourth-order valence-electron chi connectivity index (χ4n) is 3.93. The lowest BCUT2D eigenvalue weighted by atomic mass is 9.90. The topological polar surface area (TPSA) is 42.4 Å². The minimum absolute atomic E-state index is 0.282. The molecule has 0 spiro atoms. The van der Waals surface area contributed by atoms with Crippen molar-refractivity contribution in [2.75, 3.05) is 13.1 Å². The van der Waals surface area contributed by atoms with E-state index in [1.807, 2.05) is 13.0 Å². The second kappa shape index (κ2) is 5.06. The molecule has 3 unspecified atom stereocenters. The van der Waals surface area contributed by atoms with Crippen LogP contribution in [0.1, 0.15) is 49.7 Å². The van der Waals surface area contributed by atoms with E-state index >= 15 is 0 Å². The number of hydrogen-bond donors (Lipinski definition) is 1. The third kappa shape index (κ3) is 2.10. The maximum absolute atomic E-state index is 6.03. The normalized spacial score (nSPS) is 30.3. The average molecular weight is 248 g/mol. The minimum atomic E-state index is 0.282. The third-order valence-electron chi connectivity index (χ3n) is 4.75. The zero-order chi connectivity index (χ0) is 12.5. The van der Waals surface area contributed by atoms with Gasteiger partial charge in [-0.25, -0.2) is 0 Å². The Morgan fingerprint density at radius 1 is 1.33 bits per heavy atom. The highest BCUT2D eigenvalue weighted by molar-refractivity contribution is 5.11. The van der Waals surface area contributed by atoms with Crippen LogP contribution in [0.15, 0.2) is 16.5 Å². The van der Waals surface area contributed by atoms with E-state index in [1.54, 1.807) is 0 Å². The van der Waals surface area contributed by atoms with Gasteiger partial charge in [-0.3, -0.25) is 4.90 Å². The summed E-state index contributed by atoms with van der Waals surface area (Å²) in [4.78, 5) is 2.62. The van der Waals surface area contributed by atoms with Crippen molar-refractivity contribution < 1.29 is 4.42 Å². The van der Waals surface area contributed by atoms with Gasteiger partial charge in [0.2, 0.25) is 0 Å². The molecule has 1 saturated heterocycles. The second-order valence-corrected chi connectivity index (χ2v) is 5.84. The lowest BCUT2D eigenvalue weighted by Crippen LogP contribution is -2.46. The van der Waals surface area contributed by atoms with E-state index < -0.39 is 0 Å². The number of nitrogens with zero attached hydrogens (tertiary/aromatic N) is 1. The number of likely N-dealkylation sites (tertiary alicyclic amines) is 1. The Balaban J connectivity index is 1.82. The largest absolute Gasteiger partial charge is 0.465 e. The van der Waals surface area contributed by atoms with Gasteiger partial charge in [-0.1, -0.05) is 6.42 Å². The van der Waals surface area contributed by atoms with Crippen molar-refractivity contribution in [1.29, 1.82) is 0 Å². The maximum Gasteiger partial charge on any atom is 0.122 e. The first-order chi connectivity index (χ1) is 8.79. The summed E-state index contributed by atoms with van der Waals surface area (Å²) in [5.74, 6) is 2.95. The van der Waals surface area contributed by atoms with Gasteiger partial charge in [0.15, 0.2) is 0 Å². The molecule has 3 nitrogen and oxygen atoms in total. The molecule has 2 heterocycles. The molecule has 1 aromatic rings. The zero-order valence-corrected chi connectivity index (χ0v) is 11.3. The molecule has 0 amide bonds. The summed E-state index contributed by atoms with van der Waals surface area (Å²) in [6.07, 6.45) is 6.88. The van der Waals surface area contributed by atoms with Crippen molar-refractivity contribution in [3.8, 4) is 0 Å². The summed E-state index contributed by atoms with van der Waals surface area (Å²) >= 11 is 0. The van der Waals surface area contributed by atoms with Crippen molar-refractivity contribution in [3.05, 3.63) is 23.7 Å². The Kier molecular flexibility index (Phi) is 3.44. The molecule has 0 radical (unpaired) electrons. The molecule has 0 aromatic carbocycles. The molecule has 2 fully saturated rings. The molecule has 1 saturated carbocycles. The maximum atomic E-state index is 6.03. The molecule has 3 heteroatoms. The fourth-order valence-corrected chi connectivity index (χ4v) is 3.93. The number of hydrogen-bond acceptors (Lipinski definition) is 3. The van der Waals surface area contributed by atoms with Crippen molar-refractivity contribution in [3.63, 3.8) is 0 Å². The molecule has 3 rings (SSSR count). The standard InChI is InChI=1S/C15H24N2O/c1-11-7-8-15(18-11)14(10-16)17-9-3-5-12-4-2-6-13(12)17/h7-8,12-14H,2-6,9-10,16H2,1H3. The molecule has 2 aliphatic rings. The van der Waals surface area contributed by atoms with E-state index in [0.29, 0.717) is 6.54 Å². The Hall–Kier alpha value is -0.800. The van der Waals surface area contributed by atoms with Crippen LogP contribution in [0.4, 0.5) is 0 Å². The van der Waals surface area contributed by atoms with Crippen molar-refractivity contribution >= 4 is 0 Å². The van der Waals surface area contributed by atoms with E-state index in [4.69, 9.17) is 10.2 Å². The van der Waals surface area contributed by atoms with Crippen LogP contribution in [-0.4, -0.2) is 24.0 Å². The Morgan fingerprint density at radius 3 is 2.89 bits per heavy atom. The molecular formula is C15H24N2O. The third-order valence-corrected chi connectivity index (χ3v) is 4.75.